The van der Waals surface area contributed by atoms with E-state index < -0.39 is 10.4 Å². The molecule has 1 N–H and O–H groups in total. The summed E-state index contributed by atoms with van der Waals surface area (Å²) < 4.78 is 10.8. The molecule has 0 radical (unpaired) electrons. The number of benzene rings is 2. The average molecular weight is 421 g/mol. The van der Waals surface area contributed by atoms with Gasteiger partial charge in [-0.3, -0.25) is 0 Å². The third-order valence-electron chi connectivity index (χ3n) is 4.26. The number of aliphatic hydroxyl groups excluding tert-OH is 1. The van der Waals surface area contributed by atoms with Crippen LogP contribution in [0.3, 0.4) is 0 Å². The first-order valence-corrected chi connectivity index (χ1v) is 10.3. The number of carbonyl (C=O) groups excluding carboxylic acids is 1. The molecule has 5 heteroatoms. The summed E-state index contributed by atoms with van der Waals surface area (Å²) in [4.78, 5) is 12.5. The summed E-state index contributed by atoms with van der Waals surface area (Å²) in [5, 5.41) is 10.9. The maximum atomic E-state index is 12.5. The first-order chi connectivity index (χ1) is 12.5. The van der Waals surface area contributed by atoms with Gasteiger partial charge in [-0.05, 0) is 0 Å². The minimum atomic E-state index is -0.974. The zero-order chi connectivity index (χ0) is 19.0. The van der Waals surface area contributed by atoms with Crippen LogP contribution in [0.4, 0.5) is 0 Å². The van der Waals surface area contributed by atoms with Gasteiger partial charge in [0.1, 0.15) is 0 Å². The SMILES string of the molecule is COC(=O)[C@](C)([Se]c1ccccc1)[C@H](O)[C@@H](C)COCc1ccccc1. The van der Waals surface area contributed by atoms with Crippen LogP contribution in [0.25, 0.3) is 0 Å². The predicted octanol–water partition coefficient (Wildman–Crippen LogP) is 2.58. The van der Waals surface area contributed by atoms with E-state index in [0.29, 0.717) is 13.2 Å². The summed E-state index contributed by atoms with van der Waals surface area (Å²) >= 11 is -0.269. The van der Waals surface area contributed by atoms with Crippen molar-refractivity contribution < 1.29 is 19.4 Å². The molecule has 0 aliphatic heterocycles. The Hall–Kier alpha value is -1.65. The summed E-state index contributed by atoms with van der Waals surface area (Å²) in [7, 11) is 1.37. The van der Waals surface area contributed by atoms with E-state index in [9.17, 15) is 9.90 Å². The summed E-state index contributed by atoms with van der Waals surface area (Å²) in [6, 6.07) is 19.7. The fourth-order valence-corrected chi connectivity index (χ4v) is 5.46. The third kappa shape index (κ3) is 5.42. The number of ether oxygens (including phenoxy) is 2. The first-order valence-electron chi connectivity index (χ1n) is 8.59. The van der Waals surface area contributed by atoms with Crippen molar-refractivity contribution in [2.24, 2.45) is 5.92 Å². The molecule has 0 aliphatic rings. The van der Waals surface area contributed by atoms with E-state index in [4.69, 9.17) is 9.47 Å². The van der Waals surface area contributed by atoms with Crippen molar-refractivity contribution >= 4 is 25.4 Å². The monoisotopic (exact) mass is 422 g/mol. The van der Waals surface area contributed by atoms with Crippen molar-refractivity contribution in [3.8, 4) is 0 Å². The first kappa shape index (κ1) is 20.7. The summed E-state index contributed by atoms with van der Waals surface area (Å²) in [6.07, 6.45) is -0.856. The van der Waals surface area contributed by atoms with Gasteiger partial charge < -0.3 is 0 Å². The third-order valence-corrected chi connectivity index (χ3v) is 7.07. The Bertz CT molecular complexity index is 677. The molecular weight excluding hydrogens is 395 g/mol. The molecule has 0 aromatic heterocycles. The Morgan fingerprint density at radius 1 is 1.12 bits per heavy atom. The van der Waals surface area contributed by atoms with Gasteiger partial charge in [-0.15, -0.1) is 0 Å². The number of hydrogen-bond acceptors (Lipinski definition) is 4. The summed E-state index contributed by atoms with van der Waals surface area (Å²) in [5.74, 6) is -0.586. The van der Waals surface area contributed by atoms with E-state index in [2.05, 4.69) is 0 Å². The molecule has 2 rings (SSSR count). The molecule has 140 valence electrons. The molecular formula is C21H26O4Se. The Balaban J connectivity index is 2.02. The van der Waals surface area contributed by atoms with E-state index in [-0.39, 0.29) is 26.8 Å². The Morgan fingerprint density at radius 3 is 2.27 bits per heavy atom. The normalized spacial score (nSPS) is 15.7. The molecule has 3 atom stereocenters. The molecule has 26 heavy (non-hydrogen) atoms. The second-order valence-electron chi connectivity index (χ2n) is 6.44. The van der Waals surface area contributed by atoms with Crippen LogP contribution in [0.1, 0.15) is 19.4 Å². The molecule has 0 heterocycles. The van der Waals surface area contributed by atoms with Gasteiger partial charge in [0.15, 0.2) is 0 Å². The number of esters is 1. The van der Waals surface area contributed by atoms with E-state index in [1.807, 2.05) is 67.6 Å². The van der Waals surface area contributed by atoms with Crippen LogP contribution in [0, 0.1) is 5.92 Å². The van der Waals surface area contributed by atoms with E-state index in [1.54, 1.807) is 6.92 Å². The van der Waals surface area contributed by atoms with Crippen molar-refractivity contribution in [2.75, 3.05) is 13.7 Å². The van der Waals surface area contributed by atoms with Crippen molar-refractivity contribution in [3.63, 3.8) is 0 Å². The molecule has 2 aromatic carbocycles. The maximum absolute atomic E-state index is 12.5. The van der Waals surface area contributed by atoms with Crippen LogP contribution in [0.5, 0.6) is 0 Å². The Morgan fingerprint density at radius 2 is 1.69 bits per heavy atom. The van der Waals surface area contributed by atoms with Gasteiger partial charge in [0.2, 0.25) is 0 Å². The van der Waals surface area contributed by atoms with Gasteiger partial charge in [-0.1, -0.05) is 0 Å². The van der Waals surface area contributed by atoms with Gasteiger partial charge >= 0.3 is 161 Å². The number of hydrogen-bond donors (Lipinski definition) is 1. The quantitative estimate of drug-likeness (QED) is 0.500. The molecule has 0 saturated heterocycles. The molecule has 0 amide bonds. The molecule has 2 aromatic rings. The van der Waals surface area contributed by atoms with Crippen LogP contribution in [0.15, 0.2) is 60.7 Å². The van der Waals surface area contributed by atoms with Crippen LogP contribution < -0.4 is 4.46 Å². The van der Waals surface area contributed by atoms with Crippen molar-refractivity contribution in [2.45, 2.75) is 30.9 Å². The van der Waals surface area contributed by atoms with Crippen molar-refractivity contribution in [1.82, 2.24) is 0 Å². The topological polar surface area (TPSA) is 55.8 Å². The number of aliphatic hydroxyl groups is 1. The van der Waals surface area contributed by atoms with E-state index in [0.717, 1.165) is 10.0 Å². The van der Waals surface area contributed by atoms with Gasteiger partial charge in [-0.2, -0.15) is 0 Å². The van der Waals surface area contributed by atoms with Crippen LogP contribution in [0.2, 0.25) is 4.31 Å². The molecule has 4 nitrogen and oxygen atoms in total. The van der Waals surface area contributed by atoms with E-state index >= 15 is 0 Å². The van der Waals surface area contributed by atoms with Gasteiger partial charge in [0.25, 0.3) is 0 Å². The minimum absolute atomic E-state index is 0.201. The second-order valence-corrected chi connectivity index (χ2v) is 9.63. The molecule has 0 fully saturated rings. The fourth-order valence-electron chi connectivity index (χ4n) is 2.73. The van der Waals surface area contributed by atoms with Crippen molar-refractivity contribution in [3.05, 3.63) is 66.2 Å². The van der Waals surface area contributed by atoms with Gasteiger partial charge in [0, 0.05) is 0 Å². The summed E-state index contributed by atoms with van der Waals surface area (Å²) in [6.45, 7) is 4.53. The number of methoxy groups -OCH3 is 1. The Kier molecular flexibility index (Phi) is 7.85. The van der Waals surface area contributed by atoms with Crippen molar-refractivity contribution in [1.29, 1.82) is 0 Å². The number of rotatable bonds is 9. The van der Waals surface area contributed by atoms with Gasteiger partial charge in [-0.25, -0.2) is 0 Å². The van der Waals surface area contributed by atoms with E-state index in [1.165, 1.54) is 7.11 Å². The average Bonchev–Trinajstić information content (AvgIpc) is 2.68. The molecule has 0 bridgehead atoms. The molecule has 0 unspecified atom stereocenters. The predicted molar refractivity (Wildman–Crippen MR) is 103 cm³/mol. The zero-order valence-electron chi connectivity index (χ0n) is 15.4. The fraction of sp³-hybridized carbons (Fsp3) is 0.381. The standard InChI is InChI=1S/C21H26O4Se/c1-16(14-25-15-17-10-6-4-7-11-17)19(22)21(2,20(23)24-3)26-18-12-8-5-9-13-18/h4-13,16,19,22H,14-15H2,1-3H3/t16-,19+,21+/m0/s1. The van der Waals surface area contributed by atoms with Crippen LogP contribution in [-0.2, 0) is 20.9 Å². The van der Waals surface area contributed by atoms with Crippen LogP contribution in [-0.4, -0.2) is 45.9 Å². The van der Waals surface area contributed by atoms with Gasteiger partial charge in [0.05, 0.1) is 0 Å². The summed E-state index contributed by atoms with van der Waals surface area (Å²) in [5.41, 5.74) is 1.08. The molecule has 0 spiro atoms. The number of carbonyl (C=O) groups is 1. The molecule has 0 saturated carbocycles. The zero-order valence-corrected chi connectivity index (χ0v) is 17.1. The second kappa shape index (κ2) is 9.88. The van der Waals surface area contributed by atoms with Crippen LogP contribution >= 0.6 is 0 Å². The molecule has 0 aliphatic carbocycles. The Labute approximate surface area is 161 Å².